The van der Waals surface area contributed by atoms with Crippen LogP contribution in [-0.4, -0.2) is 13.0 Å². The third-order valence-corrected chi connectivity index (χ3v) is 2.16. The second-order valence-corrected chi connectivity index (χ2v) is 3.65. The van der Waals surface area contributed by atoms with Gasteiger partial charge >= 0.3 is 17.1 Å². The third kappa shape index (κ3) is 2.95. The molecule has 0 fully saturated rings. The molecule has 1 radical (unpaired) electrons. The van der Waals surface area contributed by atoms with Crippen molar-refractivity contribution in [2.45, 2.75) is 11.8 Å². The summed E-state index contributed by atoms with van der Waals surface area (Å²) in [6.45, 7) is 1.82. The Balaban J connectivity index is 0.00000121. The normalized spacial score (nSPS) is 10.5. The maximum Gasteiger partial charge on any atom is 2.00 e. The van der Waals surface area contributed by atoms with E-state index in [0.717, 1.165) is 5.56 Å². The zero-order valence-electron chi connectivity index (χ0n) is 6.24. The molecule has 0 N–H and O–H groups in total. The number of hydrogen-bond acceptors (Lipinski definition) is 3. The van der Waals surface area contributed by atoms with Crippen molar-refractivity contribution in [3.8, 4) is 0 Å². The van der Waals surface area contributed by atoms with E-state index in [0.29, 0.717) is 0 Å². The monoisotopic (exact) mass is 234 g/mol. The van der Waals surface area contributed by atoms with Crippen molar-refractivity contribution >= 4 is 10.1 Å². The van der Waals surface area contributed by atoms with Crippen LogP contribution < -0.4 is 0 Å². The van der Waals surface area contributed by atoms with Crippen molar-refractivity contribution in [3.63, 3.8) is 0 Å². The van der Waals surface area contributed by atoms with Gasteiger partial charge < -0.3 is 4.55 Å². The van der Waals surface area contributed by atoms with E-state index in [9.17, 15) is 13.0 Å². The molecule has 69 valence electrons. The van der Waals surface area contributed by atoms with Gasteiger partial charge in [-0.05, 0) is 19.1 Å². The van der Waals surface area contributed by atoms with Crippen molar-refractivity contribution in [1.82, 2.24) is 0 Å². The molecule has 0 saturated carbocycles. The molecule has 1 aromatic rings. The maximum atomic E-state index is 10.4. The van der Waals surface area contributed by atoms with Crippen molar-refractivity contribution in [3.05, 3.63) is 29.8 Å². The minimum atomic E-state index is -4.27. The van der Waals surface area contributed by atoms with Gasteiger partial charge in [-0.2, -0.15) is 0 Å². The van der Waals surface area contributed by atoms with Crippen molar-refractivity contribution in [2.75, 3.05) is 0 Å². The molecule has 1 rings (SSSR count). The first-order valence-corrected chi connectivity index (χ1v) is 4.43. The van der Waals surface area contributed by atoms with E-state index >= 15 is 0 Å². The summed E-state index contributed by atoms with van der Waals surface area (Å²) >= 11 is 0. The van der Waals surface area contributed by atoms with E-state index in [-0.39, 0.29) is 22.0 Å². The standard InChI is InChI=1S/C7H8O3S.Cu/c1-6-2-4-7(5-3-6)11(8,9)10;/h2-5H,1H3,(H,8,9,10);/q;+2/p-1. The van der Waals surface area contributed by atoms with Gasteiger partial charge in [0, 0.05) is 0 Å². The van der Waals surface area contributed by atoms with E-state index in [1.807, 2.05) is 6.92 Å². The van der Waals surface area contributed by atoms with Gasteiger partial charge in [-0.3, -0.25) is 0 Å². The van der Waals surface area contributed by atoms with Gasteiger partial charge in [0.2, 0.25) is 0 Å². The maximum absolute atomic E-state index is 10.4. The molecule has 12 heavy (non-hydrogen) atoms. The van der Waals surface area contributed by atoms with E-state index in [1.165, 1.54) is 12.1 Å². The molecule has 0 bridgehead atoms. The van der Waals surface area contributed by atoms with Crippen LogP contribution in [0, 0.1) is 6.92 Å². The minimum absolute atomic E-state index is 0. The fraction of sp³-hybridized carbons (Fsp3) is 0.143. The molecule has 0 heterocycles. The summed E-state index contributed by atoms with van der Waals surface area (Å²) in [4.78, 5) is -0.178. The van der Waals surface area contributed by atoms with Crippen LogP contribution in [0.1, 0.15) is 5.56 Å². The number of aryl methyl sites for hydroxylation is 1. The SMILES string of the molecule is Cc1ccc(S(=O)(=O)[O-])cc1.[Cu+2]. The predicted octanol–water partition coefficient (Wildman–Crippen LogP) is 0.897. The molecule has 3 nitrogen and oxygen atoms in total. The molecular weight excluding hydrogens is 228 g/mol. The Morgan fingerprint density at radius 1 is 1.17 bits per heavy atom. The first kappa shape index (κ1) is 11.6. The zero-order valence-corrected chi connectivity index (χ0v) is 8.00. The van der Waals surface area contributed by atoms with E-state index in [4.69, 9.17) is 0 Å². The Hall–Kier alpha value is -0.351. The molecule has 0 atom stereocenters. The summed E-state index contributed by atoms with van der Waals surface area (Å²) in [5.41, 5.74) is 0.928. The van der Waals surface area contributed by atoms with Crippen LogP contribution in [0.2, 0.25) is 0 Å². The molecule has 0 spiro atoms. The Labute approximate surface area is 82.0 Å². The van der Waals surface area contributed by atoms with E-state index in [1.54, 1.807) is 12.1 Å². The van der Waals surface area contributed by atoms with Crippen LogP contribution in [0.4, 0.5) is 0 Å². The molecule has 0 amide bonds. The van der Waals surface area contributed by atoms with Crippen LogP contribution in [-0.2, 0) is 27.2 Å². The fourth-order valence-corrected chi connectivity index (χ4v) is 1.17. The quantitative estimate of drug-likeness (QED) is 0.536. The van der Waals surface area contributed by atoms with E-state index in [2.05, 4.69) is 0 Å². The molecule has 5 heteroatoms. The zero-order chi connectivity index (χ0) is 8.48. The van der Waals surface area contributed by atoms with Crippen molar-refractivity contribution < 1.29 is 30.0 Å². The van der Waals surface area contributed by atoms with Crippen molar-refractivity contribution in [2.24, 2.45) is 0 Å². The molecule has 0 unspecified atom stereocenters. The van der Waals surface area contributed by atoms with Crippen LogP contribution in [0.3, 0.4) is 0 Å². The number of hydrogen-bond donors (Lipinski definition) is 0. The Bertz CT molecular complexity index is 341. The second kappa shape index (κ2) is 4.05. The largest absolute Gasteiger partial charge is 2.00 e. The summed E-state index contributed by atoms with van der Waals surface area (Å²) in [7, 11) is -4.27. The number of benzene rings is 1. The van der Waals surface area contributed by atoms with Gasteiger partial charge in [0.1, 0.15) is 10.1 Å². The molecule has 0 aliphatic carbocycles. The van der Waals surface area contributed by atoms with E-state index < -0.39 is 10.1 Å². The minimum Gasteiger partial charge on any atom is -0.744 e. The van der Waals surface area contributed by atoms with Gasteiger partial charge in [-0.15, -0.1) is 0 Å². The summed E-state index contributed by atoms with van der Waals surface area (Å²) < 4.78 is 31.2. The summed E-state index contributed by atoms with van der Waals surface area (Å²) in [6.07, 6.45) is 0. The topological polar surface area (TPSA) is 57.2 Å². The Morgan fingerprint density at radius 2 is 1.58 bits per heavy atom. The van der Waals surface area contributed by atoms with Crippen LogP contribution in [0.5, 0.6) is 0 Å². The molecule has 0 aliphatic rings. The van der Waals surface area contributed by atoms with Crippen LogP contribution >= 0.6 is 0 Å². The van der Waals surface area contributed by atoms with Gasteiger partial charge in [0.15, 0.2) is 0 Å². The first-order valence-electron chi connectivity index (χ1n) is 3.03. The summed E-state index contributed by atoms with van der Waals surface area (Å²) in [5.74, 6) is 0. The Kier molecular flexibility index (Phi) is 3.93. The first-order chi connectivity index (χ1) is 5.00. The predicted molar refractivity (Wildman–Crippen MR) is 39.1 cm³/mol. The average Bonchev–Trinajstić information content (AvgIpc) is 1.86. The number of rotatable bonds is 1. The van der Waals surface area contributed by atoms with Gasteiger partial charge in [0.05, 0.1) is 4.90 Å². The summed E-state index contributed by atoms with van der Waals surface area (Å²) in [5, 5.41) is 0. The third-order valence-electron chi connectivity index (χ3n) is 1.31. The molecule has 0 aliphatic heterocycles. The molecule has 1 aromatic carbocycles. The fourth-order valence-electron chi connectivity index (χ4n) is 0.705. The van der Waals surface area contributed by atoms with Gasteiger partial charge in [0.25, 0.3) is 0 Å². The average molecular weight is 235 g/mol. The van der Waals surface area contributed by atoms with Crippen LogP contribution in [0.15, 0.2) is 29.2 Å². The second-order valence-electron chi connectivity index (χ2n) is 2.27. The Morgan fingerprint density at radius 3 is 1.92 bits per heavy atom. The molecule has 0 aromatic heterocycles. The molecule has 0 saturated heterocycles. The summed E-state index contributed by atoms with van der Waals surface area (Å²) in [6, 6.07) is 5.78. The smallest absolute Gasteiger partial charge is 0.744 e. The van der Waals surface area contributed by atoms with Crippen molar-refractivity contribution in [1.29, 1.82) is 0 Å². The van der Waals surface area contributed by atoms with Gasteiger partial charge in [-0.1, -0.05) is 17.7 Å². The van der Waals surface area contributed by atoms with Crippen LogP contribution in [0.25, 0.3) is 0 Å². The molecular formula is C7H7CuO3S+. The van der Waals surface area contributed by atoms with Gasteiger partial charge in [-0.25, -0.2) is 8.42 Å².